The monoisotopic (exact) mass is 573 g/mol. The summed E-state index contributed by atoms with van der Waals surface area (Å²) in [5.41, 5.74) is 8.58. The Kier molecular flexibility index (Phi) is 7.90. The summed E-state index contributed by atoms with van der Waals surface area (Å²) in [6, 6.07) is 11.7. The van der Waals surface area contributed by atoms with Gasteiger partial charge in [0.15, 0.2) is 5.65 Å². The molecule has 3 heterocycles. The predicted molar refractivity (Wildman–Crippen MR) is 161 cm³/mol. The van der Waals surface area contributed by atoms with Crippen LogP contribution in [0, 0.1) is 5.82 Å². The van der Waals surface area contributed by atoms with Gasteiger partial charge in [0, 0.05) is 49.5 Å². The van der Waals surface area contributed by atoms with Crippen molar-refractivity contribution in [3.8, 4) is 17.0 Å². The minimum absolute atomic E-state index is 0.0364. The maximum absolute atomic E-state index is 15.3. The van der Waals surface area contributed by atoms with E-state index >= 15 is 4.39 Å². The zero-order chi connectivity index (χ0) is 29.2. The van der Waals surface area contributed by atoms with E-state index in [4.69, 9.17) is 15.6 Å². The van der Waals surface area contributed by atoms with Gasteiger partial charge in [0.25, 0.3) is 0 Å². The third-order valence-electron chi connectivity index (χ3n) is 8.40. The Labute approximate surface area is 243 Å². The summed E-state index contributed by atoms with van der Waals surface area (Å²) in [7, 11) is 3.72. The molecule has 2 aromatic heterocycles. The molecule has 4 N–H and O–H groups in total. The molecule has 42 heavy (non-hydrogen) atoms. The molecular formula is C30H36FN9O2. The summed E-state index contributed by atoms with van der Waals surface area (Å²) in [5.74, 6) is 0.299. The fraction of sp³-hybridized carbons (Fsp3) is 0.400. The molecule has 0 radical (unpaired) electrons. The third kappa shape index (κ3) is 5.72. The Balaban J connectivity index is 1.20. The number of anilines is 3. The highest BCUT2D eigenvalue weighted by atomic mass is 19.1. The van der Waals surface area contributed by atoms with Gasteiger partial charge in [-0.1, -0.05) is 12.1 Å². The van der Waals surface area contributed by atoms with Gasteiger partial charge in [-0.25, -0.2) is 23.8 Å². The van der Waals surface area contributed by atoms with E-state index in [1.165, 1.54) is 18.5 Å². The Morgan fingerprint density at radius 3 is 2.50 bits per heavy atom. The molecule has 1 saturated carbocycles. The molecule has 0 atom stereocenters. The standard InChI is InChI=1S/C30H36FN9O2/c1-38-12-14-39(15-13-38)21-7-9-22(10-8-21)40-29-26(28(32)33-18-34-29)27(37-40)19-6-11-25(24(31)16-19)36-30(41)35-20-4-3-5-23(17-20)42-2/h3-6,11,16-18,21-22H,7-10,12-15H2,1-2H3,(H2,32,33,34)(H2,35,36,41)/t21-,22-. The fourth-order valence-electron chi connectivity index (χ4n) is 6.06. The van der Waals surface area contributed by atoms with Crippen molar-refractivity contribution in [3.05, 3.63) is 54.6 Å². The highest BCUT2D eigenvalue weighted by Crippen LogP contribution is 2.37. The summed E-state index contributed by atoms with van der Waals surface area (Å²) in [6.45, 7) is 4.45. The van der Waals surface area contributed by atoms with Crippen LogP contribution >= 0.6 is 0 Å². The molecule has 0 bridgehead atoms. The number of carbonyl (C=O) groups excluding carboxylic acids is 1. The van der Waals surface area contributed by atoms with Gasteiger partial charge in [0.2, 0.25) is 0 Å². The summed E-state index contributed by atoms with van der Waals surface area (Å²) in [6.07, 6.45) is 5.61. The van der Waals surface area contributed by atoms with Crippen LogP contribution in [0.5, 0.6) is 5.75 Å². The molecule has 220 valence electrons. The second-order valence-corrected chi connectivity index (χ2v) is 11.1. The van der Waals surface area contributed by atoms with E-state index in [9.17, 15) is 4.79 Å². The van der Waals surface area contributed by atoms with Crippen LogP contribution in [0.2, 0.25) is 0 Å². The van der Waals surface area contributed by atoms with Crippen LogP contribution in [0.15, 0.2) is 48.8 Å². The lowest BCUT2D eigenvalue weighted by Crippen LogP contribution is -2.49. The van der Waals surface area contributed by atoms with Gasteiger partial charge >= 0.3 is 6.03 Å². The molecule has 0 unspecified atom stereocenters. The number of halogens is 1. The van der Waals surface area contributed by atoms with Gasteiger partial charge in [0.05, 0.1) is 24.2 Å². The van der Waals surface area contributed by atoms with E-state index in [-0.39, 0.29) is 11.7 Å². The van der Waals surface area contributed by atoms with Gasteiger partial charge in [-0.2, -0.15) is 5.10 Å². The Bertz CT molecular complexity index is 1580. The number of nitrogens with one attached hydrogen (secondary N) is 2. The third-order valence-corrected chi connectivity index (χ3v) is 8.40. The minimum atomic E-state index is -0.598. The summed E-state index contributed by atoms with van der Waals surface area (Å²) < 4.78 is 22.4. The van der Waals surface area contributed by atoms with E-state index in [0.29, 0.717) is 45.6 Å². The normalized spacial score (nSPS) is 20.0. The van der Waals surface area contributed by atoms with Crippen molar-refractivity contribution in [1.82, 2.24) is 29.5 Å². The first-order valence-corrected chi connectivity index (χ1v) is 14.3. The van der Waals surface area contributed by atoms with Crippen LogP contribution in [0.4, 0.5) is 26.4 Å². The number of likely N-dealkylation sites (N-methyl/N-ethyl adjacent to an activating group) is 1. The molecular weight excluding hydrogens is 537 g/mol. The maximum atomic E-state index is 15.3. The lowest BCUT2D eigenvalue weighted by Gasteiger charge is -2.41. The number of aromatic nitrogens is 4. The average molecular weight is 574 g/mol. The number of nitrogen functional groups attached to an aromatic ring is 1. The summed E-state index contributed by atoms with van der Waals surface area (Å²) in [5, 5.41) is 10.8. The average Bonchev–Trinajstić information content (AvgIpc) is 3.40. The summed E-state index contributed by atoms with van der Waals surface area (Å²) >= 11 is 0. The summed E-state index contributed by atoms with van der Waals surface area (Å²) in [4.78, 5) is 26.3. The highest BCUT2D eigenvalue weighted by molar-refractivity contribution is 6.01. The molecule has 1 saturated heterocycles. The van der Waals surface area contributed by atoms with Gasteiger partial charge in [-0.15, -0.1) is 0 Å². The van der Waals surface area contributed by atoms with Crippen molar-refractivity contribution in [2.24, 2.45) is 0 Å². The van der Waals surface area contributed by atoms with Crippen LogP contribution in [-0.4, -0.2) is 82.0 Å². The lowest BCUT2D eigenvalue weighted by molar-refractivity contribution is 0.0815. The number of carbonyl (C=O) groups is 1. The number of urea groups is 1. The number of piperazine rings is 1. The van der Waals surface area contributed by atoms with Crippen LogP contribution in [0.25, 0.3) is 22.3 Å². The Morgan fingerprint density at radius 1 is 1.00 bits per heavy atom. The van der Waals surface area contributed by atoms with Crippen LogP contribution < -0.4 is 21.1 Å². The zero-order valence-corrected chi connectivity index (χ0v) is 23.9. The molecule has 2 aliphatic rings. The molecule has 6 rings (SSSR count). The molecule has 1 aliphatic heterocycles. The topological polar surface area (TPSA) is 126 Å². The van der Waals surface area contributed by atoms with Crippen molar-refractivity contribution in [3.63, 3.8) is 0 Å². The zero-order valence-electron chi connectivity index (χ0n) is 23.9. The number of nitrogens with two attached hydrogens (primary N) is 1. The van der Waals surface area contributed by atoms with Gasteiger partial charge in [0.1, 0.15) is 29.4 Å². The largest absolute Gasteiger partial charge is 0.497 e. The number of rotatable bonds is 6. The van der Waals surface area contributed by atoms with Gasteiger partial charge < -0.3 is 26.0 Å². The number of hydrogen-bond acceptors (Lipinski definition) is 8. The van der Waals surface area contributed by atoms with Crippen LogP contribution in [0.3, 0.4) is 0 Å². The minimum Gasteiger partial charge on any atom is -0.497 e. The molecule has 2 amide bonds. The molecule has 4 aromatic rings. The van der Waals surface area contributed by atoms with Crippen LogP contribution in [0.1, 0.15) is 31.7 Å². The molecule has 0 spiro atoms. The van der Waals surface area contributed by atoms with Crippen molar-refractivity contribution in [1.29, 1.82) is 0 Å². The maximum Gasteiger partial charge on any atom is 0.323 e. The smallest absolute Gasteiger partial charge is 0.323 e. The number of amides is 2. The van der Waals surface area contributed by atoms with Crippen molar-refractivity contribution < 1.29 is 13.9 Å². The fourth-order valence-corrected chi connectivity index (χ4v) is 6.06. The highest BCUT2D eigenvalue weighted by Gasteiger charge is 2.30. The second-order valence-electron chi connectivity index (χ2n) is 11.1. The molecule has 2 aromatic carbocycles. The first kappa shape index (κ1) is 27.9. The van der Waals surface area contributed by atoms with Crippen molar-refractivity contribution >= 4 is 34.3 Å². The lowest BCUT2D eigenvalue weighted by atomic mass is 9.90. The van der Waals surface area contributed by atoms with Gasteiger partial charge in [-0.05, 0) is 57.0 Å². The molecule has 1 aliphatic carbocycles. The van der Waals surface area contributed by atoms with Crippen molar-refractivity contribution in [2.45, 2.75) is 37.8 Å². The Morgan fingerprint density at radius 2 is 1.76 bits per heavy atom. The first-order chi connectivity index (χ1) is 20.4. The number of fused-ring (bicyclic) bond motifs is 1. The SMILES string of the molecule is COc1cccc(NC(=O)Nc2ccc(-c3nn([C@H]4CC[C@H](N5CCN(C)CC5)CC4)c4ncnc(N)c34)cc2F)c1. The van der Waals surface area contributed by atoms with Gasteiger partial charge in [-0.3, -0.25) is 4.90 Å². The van der Waals surface area contributed by atoms with E-state index in [0.717, 1.165) is 51.9 Å². The predicted octanol–water partition coefficient (Wildman–Crippen LogP) is 4.60. The quantitative estimate of drug-likeness (QED) is 0.306. The number of hydrogen-bond donors (Lipinski definition) is 3. The number of methoxy groups -OCH3 is 1. The second kappa shape index (κ2) is 11.9. The van der Waals surface area contributed by atoms with E-state index < -0.39 is 11.8 Å². The van der Waals surface area contributed by atoms with E-state index in [1.54, 1.807) is 37.4 Å². The number of nitrogens with zero attached hydrogens (tertiary/aromatic N) is 6. The number of ether oxygens (including phenoxy) is 1. The first-order valence-electron chi connectivity index (χ1n) is 14.3. The van der Waals surface area contributed by atoms with Crippen molar-refractivity contribution in [2.75, 3.05) is 56.7 Å². The molecule has 2 fully saturated rings. The molecule has 11 nitrogen and oxygen atoms in total. The van der Waals surface area contributed by atoms with E-state index in [1.807, 2.05) is 4.68 Å². The van der Waals surface area contributed by atoms with Crippen LogP contribution in [-0.2, 0) is 0 Å². The molecule has 12 heteroatoms. The van der Waals surface area contributed by atoms with E-state index in [2.05, 4.69) is 37.4 Å². The Hall–Kier alpha value is -4.29. The number of benzene rings is 2.